The molecule has 0 saturated carbocycles. The number of rotatable bonds is 11. The van der Waals surface area contributed by atoms with Gasteiger partial charge in [-0.3, -0.25) is 0 Å². The van der Waals surface area contributed by atoms with Gasteiger partial charge in [-0.25, -0.2) is 0 Å². The van der Waals surface area contributed by atoms with E-state index < -0.39 is 11.2 Å². The minimum Gasteiger partial charge on any atom is -0.616 e. The van der Waals surface area contributed by atoms with Gasteiger partial charge in [-0.05, 0) is 35.2 Å². The van der Waals surface area contributed by atoms with Crippen LogP contribution in [0.4, 0.5) is 0 Å². The van der Waals surface area contributed by atoms with Crippen molar-refractivity contribution in [2.24, 2.45) is 0 Å². The van der Waals surface area contributed by atoms with Gasteiger partial charge in [0, 0.05) is 5.75 Å². The van der Waals surface area contributed by atoms with Gasteiger partial charge in [-0.1, -0.05) is 54.4 Å². The van der Waals surface area contributed by atoms with Crippen LogP contribution >= 0.6 is 21.6 Å². The van der Waals surface area contributed by atoms with Crippen LogP contribution in [0.1, 0.15) is 32.6 Å². The zero-order valence-electron chi connectivity index (χ0n) is 10.0. The Morgan fingerprint density at radius 2 is 2.06 bits per heavy atom. The van der Waals surface area contributed by atoms with Crippen LogP contribution in [0.2, 0.25) is 0 Å². The third-order valence-corrected chi connectivity index (χ3v) is 5.20. The lowest BCUT2D eigenvalue weighted by Crippen LogP contribution is -2.06. The molecule has 16 heavy (non-hydrogen) atoms. The molecule has 0 aromatic rings. The molecule has 0 spiro atoms. The molecule has 0 heterocycles. The molecule has 4 heteroatoms. The van der Waals surface area contributed by atoms with Crippen LogP contribution in [0.25, 0.3) is 0 Å². The van der Waals surface area contributed by atoms with Gasteiger partial charge in [-0.2, -0.15) is 0 Å². The minimum atomic E-state index is -0.759. The van der Waals surface area contributed by atoms with Crippen LogP contribution in [-0.2, 0) is 11.2 Å². The van der Waals surface area contributed by atoms with E-state index in [2.05, 4.69) is 13.5 Å². The molecule has 0 bridgehead atoms. The molecule has 0 aliphatic rings. The molecule has 0 aromatic heterocycles. The molecule has 0 saturated heterocycles. The molecule has 0 aliphatic carbocycles. The van der Waals surface area contributed by atoms with Crippen molar-refractivity contribution in [3.05, 3.63) is 24.1 Å². The molecule has 0 N–H and O–H groups in total. The standard InChI is InChI=1S/C12H22OS3/c1-3-5-6-7-9-14-15-10-8-12-16(13)11-4-2/h4,8,10H,2-3,5-7,9,11-12H2,1H3/b10-8+. The molecule has 0 aliphatic heterocycles. The maximum absolute atomic E-state index is 11.2. The van der Waals surface area contributed by atoms with E-state index in [1.807, 2.05) is 22.3 Å². The van der Waals surface area contributed by atoms with Crippen LogP contribution in [0.3, 0.4) is 0 Å². The van der Waals surface area contributed by atoms with Crippen molar-refractivity contribution in [3.8, 4) is 0 Å². The fourth-order valence-corrected chi connectivity index (χ4v) is 3.68. The fourth-order valence-electron chi connectivity index (χ4n) is 1.06. The Balaban J connectivity index is 3.18. The normalized spacial score (nSPS) is 13.1. The number of hydrogen-bond donors (Lipinski definition) is 0. The van der Waals surface area contributed by atoms with Crippen LogP contribution in [0.15, 0.2) is 24.1 Å². The first-order chi connectivity index (χ1) is 7.81. The molecule has 94 valence electrons. The maximum atomic E-state index is 11.2. The highest BCUT2D eigenvalue weighted by Crippen LogP contribution is 2.23. The lowest BCUT2D eigenvalue weighted by Gasteiger charge is -2.04. The SMILES string of the molecule is C=CC[S+]([O-])C/C=C/SSCCCCCC. The van der Waals surface area contributed by atoms with Crippen molar-refractivity contribution < 1.29 is 4.55 Å². The molecule has 0 fully saturated rings. The van der Waals surface area contributed by atoms with Gasteiger partial charge in [0.2, 0.25) is 0 Å². The molecule has 1 atom stereocenters. The van der Waals surface area contributed by atoms with Crippen molar-refractivity contribution in [1.82, 2.24) is 0 Å². The fraction of sp³-hybridized carbons (Fsp3) is 0.667. The first kappa shape index (κ1) is 16.5. The van der Waals surface area contributed by atoms with Gasteiger partial charge in [0.15, 0.2) is 0 Å². The molecular weight excluding hydrogens is 256 g/mol. The summed E-state index contributed by atoms with van der Waals surface area (Å²) >= 11 is -0.759. The van der Waals surface area contributed by atoms with Gasteiger partial charge in [-0.15, -0.1) is 0 Å². The Bertz CT molecular complexity index is 183. The van der Waals surface area contributed by atoms with Gasteiger partial charge < -0.3 is 4.55 Å². The molecule has 1 nitrogen and oxygen atoms in total. The second-order valence-electron chi connectivity index (χ2n) is 3.41. The zero-order valence-corrected chi connectivity index (χ0v) is 12.5. The van der Waals surface area contributed by atoms with Crippen molar-refractivity contribution >= 4 is 32.8 Å². The first-order valence-corrected chi connectivity index (χ1v) is 9.57. The average molecular weight is 279 g/mol. The Morgan fingerprint density at radius 1 is 1.25 bits per heavy atom. The van der Waals surface area contributed by atoms with Crippen molar-refractivity contribution in [3.63, 3.8) is 0 Å². The molecule has 0 aromatic carbocycles. The largest absolute Gasteiger partial charge is 0.616 e. The second-order valence-corrected chi connectivity index (χ2v) is 7.35. The van der Waals surface area contributed by atoms with E-state index in [4.69, 9.17) is 0 Å². The third-order valence-electron chi connectivity index (χ3n) is 1.89. The summed E-state index contributed by atoms with van der Waals surface area (Å²) in [6.07, 6.45) is 9.00. The van der Waals surface area contributed by atoms with E-state index >= 15 is 0 Å². The quantitative estimate of drug-likeness (QED) is 0.242. The van der Waals surface area contributed by atoms with E-state index in [1.54, 1.807) is 16.9 Å². The monoisotopic (exact) mass is 278 g/mol. The van der Waals surface area contributed by atoms with E-state index in [0.717, 1.165) is 0 Å². The first-order valence-electron chi connectivity index (χ1n) is 5.70. The summed E-state index contributed by atoms with van der Waals surface area (Å²) in [5, 5.41) is 2.05. The Morgan fingerprint density at radius 3 is 2.75 bits per heavy atom. The molecule has 1 unspecified atom stereocenters. The number of hydrogen-bond acceptors (Lipinski definition) is 3. The Labute approximate surface area is 111 Å². The highest BCUT2D eigenvalue weighted by Gasteiger charge is 1.97. The van der Waals surface area contributed by atoms with Crippen molar-refractivity contribution in [1.29, 1.82) is 0 Å². The van der Waals surface area contributed by atoms with Crippen molar-refractivity contribution in [2.75, 3.05) is 17.3 Å². The van der Waals surface area contributed by atoms with Gasteiger partial charge in [0.05, 0.1) is 0 Å². The predicted molar refractivity (Wildman–Crippen MR) is 81.4 cm³/mol. The summed E-state index contributed by atoms with van der Waals surface area (Å²) in [6.45, 7) is 5.80. The van der Waals surface area contributed by atoms with Crippen LogP contribution in [0.5, 0.6) is 0 Å². The topological polar surface area (TPSA) is 23.1 Å². The second kappa shape index (κ2) is 13.6. The Hall–Kier alpha value is 0.490. The predicted octanol–water partition coefficient (Wildman–Crippen LogP) is 4.40. The van der Waals surface area contributed by atoms with Crippen LogP contribution in [-0.4, -0.2) is 21.8 Å². The minimum absolute atomic E-state index is 0.596. The Kier molecular flexibility index (Phi) is 14.0. The smallest absolute Gasteiger partial charge is 0.124 e. The lowest BCUT2D eigenvalue weighted by atomic mass is 10.2. The molecule has 0 rings (SSSR count). The van der Waals surface area contributed by atoms with Crippen molar-refractivity contribution in [2.45, 2.75) is 32.6 Å². The molecule has 0 radical (unpaired) electrons. The summed E-state index contributed by atoms with van der Waals surface area (Å²) in [4.78, 5) is 0. The van der Waals surface area contributed by atoms with E-state index in [-0.39, 0.29) is 0 Å². The summed E-state index contributed by atoms with van der Waals surface area (Å²) in [7, 11) is 3.63. The van der Waals surface area contributed by atoms with E-state index in [0.29, 0.717) is 11.5 Å². The zero-order chi connectivity index (χ0) is 12.1. The molecule has 0 amide bonds. The van der Waals surface area contributed by atoms with E-state index in [1.165, 1.54) is 31.4 Å². The third kappa shape index (κ3) is 12.6. The van der Waals surface area contributed by atoms with Gasteiger partial charge in [0.1, 0.15) is 11.5 Å². The lowest BCUT2D eigenvalue weighted by molar-refractivity contribution is 0.601. The van der Waals surface area contributed by atoms with Crippen LogP contribution in [0, 0.1) is 0 Å². The van der Waals surface area contributed by atoms with Gasteiger partial charge in [0.25, 0.3) is 0 Å². The highest BCUT2D eigenvalue weighted by atomic mass is 33.1. The van der Waals surface area contributed by atoms with E-state index in [9.17, 15) is 4.55 Å². The summed E-state index contributed by atoms with van der Waals surface area (Å²) < 4.78 is 11.2. The maximum Gasteiger partial charge on any atom is 0.124 e. The molecular formula is C12H22OS3. The number of unbranched alkanes of at least 4 members (excludes halogenated alkanes) is 3. The average Bonchev–Trinajstić information content (AvgIpc) is 2.27. The van der Waals surface area contributed by atoms with Gasteiger partial charge >= 0.3 is 0 Å². The summed E-state index contributed by atoms with van der Waals surface area (Å²) in [5.41, 5.74) is 0. The summed E-state index contributed by atoms with van der Waals surface area (Å²) in [6, 6.07) is 0. The van der Waals surface area contributed by atoms with Crippen LogP contribution < -0.4 is 0 Å². The summed E-state index contributed by atoms with van der Waals surface area (Å²) in [5.74, 6) is 2.46. The highest BCUT2D eigenvalue weighted by molar-refractivity contribution is 8.77.